The number of carbonyl (C=O) groups excluding carboxylic acids is 1. The van der Waals surface area contributed by atoms with Crippen molar-refractivity contribution in [2.75, 3.05) is 31.6 Å². The van der Waals surface area contributed by atoms with E-state index in [0.29, 0.717) is 23.4 Å². The van der Waals surface area contributed by atoms with Gasteiger partial charge in [-0.2, -0.15) is 9.57 Å². The highest BCUT2D eigenvalue weighted by atomic mass is 79.9. The van der Waals surface area contributed by atoms with Crippen molar-refractivity contribution >= 4 is 49.1 Å². The highest BCUT2D eigenvalue weighted by molar-refractivity contribution is 9.10. The number of rotatable bonds is 4. The van der Waals surface area contributed by atoms with Crippen molar-refractivity contribution in [1.29, 1.82) is 5.26 Å². The Balaban J connectivity index is 1.88. The van der Waals surface area contributed by atoms with Crippen LogP contribution >= 0.6 is 27.5 Å². The molecule has 1 aliphatic heterocycles. The molecular formula is C18H15BrClN3O4S. The second-order valence-corrected chi connectivity index (χ2v) is 9.09. The zero-order valence-corrected chi connectivity index (χ0v) is 17.6. The maximum atomic E-state index is 12.9. The Labute approximate surface area is 176 Å². The normalized spacial score (nSPS) is 15.0. The molecule has 0 atom stereocenters. The average molecular weight is 485 g/mol. The van der Waals surface area contributed by atoms with Crippen molar-refractivity contribution in [3.05, 3.63) is 57.0 Å². The van der Waals surface area contributed by atoms with Crippen LogP contribution in [0.15, 0.2) is 45.8 Å². The third kappa shape index (κ3) is 4.37. The first-order valence-electron chi connectivity index (χ1n) is 8.21. The van der Waals surface area contributed by atoms with E-state index in [4.69, 9.17) is 21.6 Å². The van der Waals surface area contributed by atoms with Crippen LogP contribution in [0.4, 0.5) is 5.69 Å². The minimum atomic E-state index is -3.77. The maximum absolute atomic E-state index is 12.9. The summed E-state index contributed by atoms with van der Waals surface area (Å²) in [5.41, 5.74) is 0.779. The summed E-state index contributed by atoms with van der Waals surface area (Å²) >= 11 is 9.15. The summed E-state index contributed by atoms with van der Waals surface area (Å²) in [5, 5.41) is 12.0. The van der Waals surface area contributed by atoms with E-state index in [1.807, 2.05) is 6.07 Å². The Morgan fingerprint density at radius 3 is 2.61 bits per heavy atom. The molecule has 0 radical (unpaired) electrons. The average Bonchev–Trinajstić information content (AvgIpc) is 2.70. The van der Waals surface area contributed by atoms with Gasteiger partial charge in [0.05, 0.1) is 28.7 Å². The Morgan fingerprint density at radius 1 is 1.21 bits per heavy atom. The van der Waals surface area contributed by atoms with E-state index < -0.39 is 15.9 Å². The number of hydrogen-bond acceptors (Lipinski definition) is 5. The number of ether oxygens (including phenoxy) is 1. The Bertz CT molecular complexity index is 1060. The fraction of sp³-hybridized carbons (Fsp3) is 0.222. The summed E-state index contributed by atoms with van der Waals surface area (Å²) in [6.07, 6.45) is 0. The molecule has 1 N–H and O–H groups in total. The van der Waals surface area contributed by atoms with Gasteiger partial charge >= 0.3 is 0 Å². The highest BCUT2D eigenvalue weighted by Gasteiger charge is 2.29. The van der Waals surface area contributed by atoms with Crippen LogP contribution in [0, 0.1) is 11.3 Å². The number of amides is 1. The molecule has 3 rings (SSSR count). The van der Waals surface area contributed by atoms with Gasteiger partial charge in [0.1, 0.15) is 6.07 Å². The fourth-order valence-electron chi connectivity index (χ4n) is 2.66. The largest absolute Gasteiger partial charge is 0.379 e. The van der Waals surface area contributed by atoms with Gasteiger partial charge in [0.25, 0.3) is 5.91 Å². The molecule has 1 amide bonds. The van der Waals surface area contributed by atoms with Gasteiger partial charge in [-0.25, -0.2) is 8.42 Å². The molecule has 0 spiro atoms. The number of benzene rings is 2. The molecule has 28 heavy (non-hydrogen) atoms. The predicted octanol–water partition coefficient (Wildman–Crippen LogP) is 3.25. The minimum absolute atomic E-state index is 0.0101. The maximum Gasteiger partial charge on any atom is 0.255 e. The number of carbonyl (C=O) groups is 1. The van der Waals surface area contributed by atoms with E-state index in [9.17, 15) is 13.2 Å². The van der Waals surface area contributed by atoms with Crippen LogP contribution in [-0.4, -0.2) is 44.9 Å². The number of nitrogens with zero attached hydrogens (tertiary/aromatic N) is 2. The molecule has 10 heteroatoms. The standard InChI is InChI=1S/C18H15BrClN3O4S/c19-15-3-1-12(10-17(15)28(25,26)23-5-7-27-8-6-23)18(24)22-14-2-4-16(20)13(9-14)11-21/h1-4,9-10H,5-8H2,(H,22,24). The minimum Gasteiger partial charge on any atom is -0.379 e. The monoisotopic (exact) mass is 483 g/mol. The van der Waals surface area contributed by atoms with Crippen LogP contribution in [0.1, 0.15) is 15.9 Å². The summed E-state index contributed by atoms with van der Waals surface area (Å²) in [6.45, 7) is 1.17. The SMILES string of the molecule is N#Cc1cc(NC(=O)c2ccc(Br)c(S(=O)(=O)N3CCOCC3)c2)ccc1Cl. The van der Waals surface area contributed by atoms with Gasteiger partial charge in [-0.05, 0) is 52.3 Å². The summed E-state index contributed by atoms with van der Waals surface area (Å²) < 4.78 is 32.7. The van der Waals surface area contributed by atoms with Gasteiger partial charge in [-0.1, -0.05) is 11.6 Å². The molecule has 0 saturated carbocycles. The van der Waals surface area contributed by atoms with Gasteiger partial charge in [0.15, 0.2) is 0 Å². The van der Waals surface area contributed by atoms with E-state index in [0.717, 1.165) is 0 Å². The van der Waals surface area contributed by atoms with Crippen LogP contribution < -0.4 is 5.32 Å². The molecule has 1 aliphatic rings. The molecule has 0 aromatic heterocycles. The number of halogens is 2. The van der Waals surface area contributed by atoms with Gasteiger partial charge in [0.2, 0.25) is 10.0 Å². The van der Waals surface area contributed by atoms with Crippen LogP contribution in [-0.2, 0) is 14.8 Å². The first-order valence-corrected chi connectivity index (χ1v) is 10.8. The second-order valence-electron chi connectivity index (χ2n) is 5.92. The van der Waals surface area contributed by atoms with E-state index in [-0.39, 0.29) is 34.1 Å². The quantitative estimate of drug-likeness (QED) is 0.718. The zero-order valence-electron chi connectivity index (χ0n) is 14.5. The summed E-state index contributed by atoms with van der Waals surface area (Å²) in [7, 11) is -3.77. The number of nitriles is 1. The molecule has 2 aromatic carbocycles. The topological polar surface area (TPSA) is 99.5 Å². The first kappa shape index (κ1) is 20.8. The lowest BCUT2D eigenvalue weighted by molar-refractivity contribution is 0.0730. The molecule has 1 saturated heterocycles. The Morgan fingerprint density at radius 2 is 1.93 bits per heavy atom. The van der Waals surface area contributed by atoms with Crippen molar-refractivity contribution < 1.29 is 17.9 Å². The highest BCUT2D eigenvalue weighted by Crippen LogP contribution is 2.27. The molecule has 2 aromatic rings. The molecule has 0 aliphatic carbocycles. The third-order valence-corrected chi connectivity index (χ3v) is 7.35. The first-order chi connectivity index (χ1) is 13.3. The summed E-state index contributed by atoms with van der Waals surface area (Å²) in [6, 6.07) is 10.8. The molecule has 0 bridgehead atoms. The lowest BCUT2D eigenvalue weighted by Crippen LogP contribution is -2.40. The fourth-order valence-corrected chi connectivity index (χ4v) is 5.18. The Kier molecular flexibility index (Phi) is 6.37. The third-order valence-electron chi connectivity index (χ3n) is 4.13. The number of anilines is 1. The lowest BCUT2D eigenvalue weighted by Gasteiger charge is -2.26. The molecule has 0 unspecified atom stereocenters. The molecule has 146 valence electrons. The predicted molar refractivity (Wildman–Crippen MR) is 108 cm³/mol. The number of sulfonamides is 1. The lowest BCUT2D eigenvalue weighted by atomic mass is 10.2. The van der Waals surface area contributed by atoms with Crippen molar-refractivity contribution in [3.8, 4) is 6.07 Å². The van der Waals surface area contributed by atoms with Crippen LogP contribution in [0.5, 0.6) is 0 Å². The number of hydrogen-bond donors (Lipinski definition) is 1. The van der Waals surface area contributed by atoms with Gasteiger partial charge in [0, 0.05) is 28.8 Å². The summed E-state index contributed by atoms with van der Waals surface area (Å²) in [5.74, 6) is -0.503. The molecule has 1 heterocycles. The van der Waals surface area contributed by atoms with Crippen molar-refractivity contribution in [3.63, 3.8) is 0 Å². The van der Waals surface area contributed by atoms with Crippen molar-refractivity contribution in [2.24, 2.45) is 0 Å². The summed E-state index contributed by atoms with van der Waals surface area (Å²) in [4.78, 5) is 12.6. The van der Waals surface area contributed by atoms with E-state index >= 15 is 0 Å². The smallest absolute Gasteiger partial charge is 0.255 e. The van der Waals surface area contributed by atoms with Crippen LogP contribution in [0.3, 0.4) is 0 Å². The van der Waals surface area contributed by atoms with Crippen LogP contribution in [0.25, 0.3) is 0 Å². The van der Waals surface area contributed by atoms with E-state index in [2.05, 4.69) is 21.2 Å². The van der Waals surface area contributed by atoms with Crippen LogP contribution in [0.2, 0.25) is 5.02 Å². The Hall–Kier alpha value is -1.96. The van der Waals surface area contributed by atoms with Gasteiger partial charge in [-0.15, -0.1) is 0 Å². The number of morpholine rings is 1. The zero-order chi connectivity index (χ0) is 20.3. The molecular weight excluding hydrogens is 470 g/mol. The van der Waals surface area contributed by atoms with Gasteiger partial charge in [-0.3, -0.25) is 4.79 Å². The molecule has 7 nitrogen and oxygen atoms in total. The molecule has 1 fully saturated rings. The second kappa shape index (κ2) is 8.59. The number of nitrogens with one attached hydrogen (secondary N) is 1. The van der Waals surface area contributed by atoms with E-state index in [1.54, 1.807) is 6.07 Å². The van der Waals surface area contributed by atoms with Crippen molar-refractivity contribution in [2.45, 2.75) is 4.90 Å². The van der Waals surface area contributed by atoms with E-state index in [1.165, 1.54) is 34.6 Å². The van der Waals surface area contributed by atoms with Crippen molar-refractivity contribution in [1.82, 2.24) is 4.31 Å². The van der Waals surface area contributed by atoms with Gasteiger partial charge < -0.3 is 10.1 Å².